The summed E-state index contributed by atoms with van der Waals surface area (Å²) in [5, 5.41) is 35.5. The molecule has 12 nitrogen and oxygen atoms in total. The first-order chi connectivity index (χ1) is 44.9. The number of nitrogens with zero attached hydrogens (tertiary/aromatic N) is 2. The lowest BCUT2D eigenvalue weighted by Crippen LogP contribution is -2.65. The fourth-order valence-corrected chi connectivity index (χ4v) is 20.7. The second kappa shape index (κ2) is 23.9. The van der Waals surface area contributed by atoms with Crippen molar-refractivity contribution in [3.8, 4) is 22.3 Å². The van der Waals surface area contributed by atoms with Gasteiger partial charge in [0.05, 0.1) is 28.6 Å². The maximum Gasteiger partial charge on any atom is 0.456 e. The predicted molar refractivity (Wildman–Crippen MR) is 343 cm³/mol. The lowest BCUT2D eigenvalue weighted by molar-refractivity contribution is -0.362. The molecule has 1 spiro atoms. The van der Waals surface area contributed by atoms with Crippen molar-refractivity contribution < 1.29 is 90.3 Å². The molecule has 6 fully saturated rings. The molecule has 4 aromatic rings. The Morgan fingerprint density at radius 2 is 0.897 bits per heavy atom. The van der Waals surface area contributed by atoms with Gasteiger partial charge >= 0.3 is 24.2 Å². The van der Waals surface area contributed by atoms with E-state index < -0.39 is 120 Å². The molecule has 11 atom stereocenters. The van der Waals surface area contributed by atoms with Crippen LogP contribution in [0.3, 0.4) is 0 Å². The molecule has 1 saturated heterocycles. The molecule has 1 aliphatic heterocycles. The van der Waals surface area contributed by atoms with E-state index in [2.05, 4.69) is 0 Å². The zero-order valence-electron chi connectivity index (χ0n) is 55.5. The molecule has 8 aliphatic carbocycles. The van der Waals surface area contributed by atoms with Crippen LogP contribution >= 0.6 is 0 Å². The minimum atomic E-state index is -5.93. The van der Waals surface area contributed by atoms with Crippen LogP contribution in [0.4, 0.5) is 43.9 Å². The number of ether oxygens (including phenoxy) is 2. The lowest BCUT2D eigenvalue weighted by Gasteiger charge is -2.59. The SMILES string of the molecule is CN(C)S(=O)(=O)c1ccc(-c2ccc([C@H]3C[C@@]4(C)C(CC[C@@]4(O)C(F)(F)C(F)(F)F)C4CCC5=CC(=O)CCC5=C43)cc2)cc1.CN(C)S(=O)(=O)c1ccc(-c2ccc([C@H]3C[C@@]4(C)C(CC[C@@]4(O)C(F)(F)C(F)(F)F)C4CC[C@@]5(O)CC6(CCC5=C43)OCC(C)(C)CO6)cc2)cc1. The highest BCUT2D eigenvalue weighted by molar-refractivity contribution is 7.89. The van der Waals surface area contributed by atoms with E-state index in [-0.39, 0.29) is 65.4 Å². The Morgan fingerprint density at radius 3 is 1.31 bits per heavy atom. The lowest BCUT2D eigenvalue weighted by atomic mass is 9.49. The Bertz CT molecular complexity index is 4070. The minimum Gasteiger partial charge on any atom is -0.385 e. The van der Waals surface area contributed by atoms with Gasteiger partial charge in [-0.15, -0.1) is 0 Å². The quantitative estimate of drug-likeness (QED) is 0.103. The van der Waals surface area contributed by atoms with Crippen molar-refractivity contribution in [2.45, 2.75) is 192 Å². The molecule has 1 heterocycles. The molecule has 9 aliphatic rings. The summed E-state index contributed by atoms with van der Waals surface area (Å²) in [6, 6.07) is 27.4. The average molecular weight is 1400 g/mol. The van der Waals surface area contributed by atoms with Gasteiger partial charge in [0, 0.05) is 75.5 Å². The zero-order valence-corrected chi connectivity index (χ0v) is 57.1. The Balaban J connectivity index is 0.000000187. The Morgan fingerprint density at radius 1 is 0.495 bits per heavy atom. The van der Waals surface area contributed by atoms with Gasteiger partial charge in [-0.25, -0.2) is 25.4 Å². The maximum absolute atomic E-state index is 15.5. The van der Waals surface area contributed by atoms with E-state index >= 15 is 17.6 Å². The molecule has 0 radical (unpaired) electrons. The molecule has 0 aromatic heterocycles. The Labute approximate surface area is 560 Å². The smallest absolute Gasteiger partial charge is 0.385 e. The van der Waals surface area contributed by atoms with Crippen LogP contribution in [0.2, 0.25) is 0 Å². The molecule has 97 heavy (non-hydrogen) atoms. The van der Waals surface area contributed by atoms with E-state index in [0.717, 1.165) is 64.3 Å². The summed E-state index contributed by atoms with van der Waals surface area (Å²) in [4.78, 5) is 12.6. The second-order valence-electron chi connectivity index (χ2n) is 30.5. The number of sulfonamides is 2. The number of alkyl halides is 10. The van der Waals surface area contributed by atoms with E-state index in [0.29, 0.717) is 63.7 Å². The van der Waals surface area contributed by atoms with Crippen LogP contribution in [0.1, 0.15) is 147 Å². The highest BCUT2D eigenvalue weighted by Gasteiger charge is 2.81. The number of aliphatic hydroxyl groups is 3. The highest BCUT2D eigenvalue weighted by Crippen LogP contribution is 2.73. The van der Waals surface area contributed by atoms with Crippen molar-refractivity contribution >= 4 is 25.8 Å². The fourth-order valence-electron chi connectivity index (χ4n) is 18.9. The molecular weight excluding hydrogens is 1320 g/mol. The number of hydrogen-bond donors (Lipinski definition) is 3. The van der Waals surface area contributed by atoms with Gasteiger partial charge in [-0.05, 0) is 181 Å². The van der Waals surface area contributed by atoms with Crippen LogP contribution in [0.5, 0.6) is 0 Å². The largest absolute Gasteiger partial charge is 0.456 e. The predicted octanol–water partition coefficient (Wildman–Crippen LogP) is 15.3. The number of rotatable bonds is 10. The summed E-state index contributed by atoms with van der Waals surface area (Å²) in [5.41, 5.74) is -2.53. The molecule has 4 aromatic carbocycles. The van der Waals surface area contributed by atoms with Crippen LogP contribution in [0, 0.1) is 39.9 Å². The number of hydrogen-bond acceptors (Lipinski definition) is 10. The third-order valence-corrected chi connectivity index (χ3v) is 27.9. The van der Waals surface area contributed by atoms with Gasteiger partial charge < -0.3 is 24.8 Å². The summed E-state index contributed by atoms with van der Waals surface area (Å²) in [5.74, 6) is -14.7. The summed E-state index contributed by atoms with van der Waals surface area (Å²) in [6.45, 7) is 7.83. The minimum absolute atomic E-state index is 0.00891. The van der Waals surface area contributed by atoms with E-state index in [1.807, 2.05) is 62.4 Å². The number of carbonyl (C=O) groups excluding carboxylic acids is 1. The highest BCUT2D eigenvalue weighted by atomic mass is 32.2. The van der Waals surface area contributed by atoms with Crippen molar-refractivity contribution in [2.24, 2.45) is 39.9 Å². The third kappa shape index (κ3) is 11.4. The number of benzene rings is 4. The number of fused-ring (bicyclic) bond motifs is 8. The first kappa shape index (κ1) is 71.5. The summed E-state index contributed by atoms with van der Waals surface area (Å²) in [7, 11) is -1.45. The fraction of sp³-hybridized carbons (Fsp3) is 0.575. The molecule has 13 rings (SSSR count). The summed E-state index contributed by atoms with van der Waals surface area (Å²) in [6.07, 6.45) is -8.08. The molecule has 528 valence electrons. The van der Waals surface area contributed by atoms with Crippen molar-refractivity contribution in [3.63, 3.8) is 0 Å². The average Bonchev–Trinajstić information content (AvgIpc) is 1.61. The Kier molecular flexibility index (Phi) is 17.6. The monoisotopic (exact) mass is 1400 g/mol. The van der Waals surface area contributed by atoms with Crippen LogP contribution in [0.15, 0.2) is 141 Å². The van der Waals surface area contributed by atoms with E-state index in [1.165, 1.54) is 66.3 Å². The van der Waals surface area contributed by atoms with Gasteiger partial charge in [0.2, 0.25) is 20.0 Å². The molecule has 4 unspecified atom stereocenters. The van der Waals surface area contributed by atoms with Crippen molar-refractivity contribution in [1.82, 2.24) is 8.61 Å². The molecule has 0 amide bonds. The van der Waals surface area contributed by atoms with Crippen LogP contribution in [-0.2, 0) is 34.3 Å². The van der Waals surface area contributed by atoms with Crippen molar-refractivity contribution in [1.29, 1.82) is 0 Å². The van der Waals surface area contributed by atoms with E-state index in [4.69, 9.17) is 9.47 Å². The first-order valence-electron chi connectivity index (χ1n) is 33.2. The number of carbonyl (C=O) groups is 1. The summed E-state index contributed by atoms with van der Waals surface area (Å²) >= 11 is 0. The second-order valence-corrected chi connectivity index (χ2v) is 34.8. The van der Waals surface area contributed by atoms with Crippen LogP contribution < -0.4 is 0 Å². The Hall–Kier alpha value is -5.31. The zero-order chi connectivity index (χ0) is 70.7. The molecule has 24 heteroatoms. The van der Waals surface area contributed by atoms with Gasteiger partial charge in [0.1, 0.15) is 11.2 Å². The number of halogens is 10. The first-order valence-corrected chi connectivity index (χ1v) is 36.1. The molecule has 0 bridgehead atoms. The van der Waals surface area contributed by atoms with Gasteiger partial charge in [0.15, 0.2) is 11.6 Å². The standard InChI is InChI=1S/C39H48F5NO6S.C34H36F5NO4S/c1-33(2)22-50-36(51-23-33)18-15-31-32-28(14-17-35(31,46)21-36)30-16-19-37(47,38(40,41)39(42,43)44)34(30,3)20-29(32)26-8-6-24(7-9-26)25-10-12-27(13-11-25)52(48,49)45(4)5;1-31-19-28(22-6-4-20(5-7-22)21-8-12-25(13-9-21)45(43,44)40(2)3)30-26-15-11-24(41)18-23(26)10-14-27(30)29(31)16-17-32(31,42)33(35,36)34(37,38)39/h6-13,28-30,46-47H,14-23H2,1-5H3;4-9,12-13,18,27-29,42H,10-11,14-17,19H2,1-3H3/t28?,29-,30?,34+,35-,37+;27?,28-,29?,31+,32+/m11/s1. The van der Waals surface area contributed by atoms with Gasteiger partial charge in [-0.1, -0.05) is 112 Å². The topological polar surface area (TPSA) is 171 Å². The van der Waals surface area contributed by atoms with Gasteiger partial charge in [-0.2, -0.15) is 43.9 Å². The molecular formula is C73H84F10N2O10S2. The van der Waals surface area contributed by atoms with Crippen molar-refractivity contribution in [2.75, 3.05) is 41.4 Å². The normalized spacial score (nSPS) is 32.7. The third-order valence-electron chi connectivity index (χ3n) is 24.2. The molecule has 5 saturated carbocycles. The van der Waals surface area contributed by atoms with E-state index in [1.54, 1.807) is 30.3 Å². The van der Waals surface area contributed by atoms with Crippen molar-refractivity contribution in [3.05, 3.63) is 142 Å². The van der Waals surface area contributed by atoms with Crippen LogP contribution in [-0.4, -0.2) is 135 Å². The number of ketones is 1. The van der Waals surface area contributed by atoms with Gasteiger partial charge in [0.25, 0.3) is 0 Å². The van der Waals surface area contributed by atoms with Crippen LogP contribution in [0.25, 0.3) is 22.3 Å². The van der Waals surface area contributed by atoms with Gasteiger partial charge in [-0.3, -0.25) is 4.79 Å². The number of allylic oxidation sites excluding steroid dienone is 5. The summed E-state index contributed by atoms with van der Waals surface area (Å²) < 4.78 is 210. The molecule has 3 N–H and O–H groups in total. The van der Waals surface area contributed by atoms with E-state index in [9.17, 15) is 63.3 Å². The maximum atomic E-state index is 15.5.